The van der Waals surface area contributed by atoms with E-state index < -0.39 is 5.69 Å². The standard InChI is InChI=1S/C20H21N7O4S/c1-26(31-2)19(29)15-6-5-14(32-15)12-8-16(22-11-3-4-11)27-17(23-12)10(9-21-27)7-13-18(28)25-20(30)24-13/h6-9,11,14,28H,3-5H2,1-2H3,(H2,24,25,30). The highest BCUT2D eigenvalue weighted by atomic mass is 32.2. The molecule has 5 rings (SSSR count). The fourth-order valence-corrected chi connectivity index (χ4v) is 4.56. The average molecular weight is 456 g/mol. The van der Waals surface area contributed by atoms with Crippen LogP contribution >= 0.6 is 11.8 Å². The predicted octanol–water partition coefficient (Wildman–Crippen LogP) is 0.144. The number of nitrogens with one attached hydrogen (secondary N) is 2. The molecule has 1 aliphatic carbocycles. The van der Waals surface area contributed by atoms with Gasteiger partial charge in [-0.25, -0.2) is 14.8 Å². The van der Waals surface area contributed by atoms with E-state index in [1.807, 2.05) is 12.1 Å². The van der Waals surface area contributed by atoms with Crippen LogP contribution in [0.1, 0.15) is 35.9 Å². The number of thioether (sulfide) groups is 1. The van der Waals surface area contributed by atoms with Crippen molar-refractivity contribution in [3.8, 4) is 5.88 Å². The van der Waals surface area contributed by atoms with E-state index in [9.17, 15) is 14.7 Å². The summed E-state index contributed by atoms with van der Waals surface area (Å²) < 4.78 is 1.66. The number of aromatic hydroxyl groups is 1. The van der Waals surface area contributed by atoms with E-state index >= 15 is 0 Å². The molecule has 0 radical (unpaired) electrons. The Balaban J connectivity index is 1.58. The lowest BCUT2D eigenvalue weighted by Crippen LogP contribution is -2.25. The van der Waals surface area contributed by atoms with Gasteiger partial charge in [-0.3, -0.25) is 19.6 Å². The van der Waals surface area contributed by atoms with Crippen molar-refractivity contribution in [3.63, 3.8) is 0 Å². The van der Waals surface area contributed by atoms with Crippen LogP contribution in [0.25, 0.3) is 11.7 Å². The Morgan fingerprint density at radius 1 is 1.44 bits per heavy atom. The lowest BCUT2D eigenvalue weighted by molar-refractivity contribution is -0.163. The third-order valence-corrected chi connectivity index (χ3v) is 6.60. The number of allylic oxidation sites excluding steroid dienone is 1. The molecular weight excluding hydrogens is 434 g/mol. The number of H-pyrrole nitrogens is 2. The Kier molecular flexibility index (Phi) is 5.10. The molecule has 12 heteroatoms. The molecule has 11 nitrogen and oxygen atoms in total. The summed E-state index contributed by atoms with van der Waals surface area (Å²) in [5.41, 5.74) is 1.76. The fraction of sp³-hybridized carbons (Fsp3) is 0.350. The van der Waals surface area contributed by atoms with Gasteiger partial charge in [0.1, 0.15) is 5.69 Å². The van der Waals surface area contributed by atoms with Crippen LogP contribution in [-0.2, 0) is 9.63 Å². The first kappa shape index (κ1) is 20.5. The van der Waals surface area contributed by atoms with Gasteiger partial charge in [-0.15, -0.1) is 11.8 Å². The second-order valence-electron chi connectivity index (χ2n) is 7.62. The van der Waals surface area contributed by atoms with Crippen molar-refractivity contribution >= 4 is 29.4 Å². The van der Waals surface area contributed by atoms with Gasteiger partial charge in [-0.05, 0) is 25.3 Å². The number of carbonyl (C=O) groups excluding carboxylic acids is 1. The zero-order valence-electron chi connectivity index (χ0n) is 17.4. The number of hydrogen-bond donors (Lipinski definition) is 3. The predicted molar refractivity (Wildman–Crippen MR) is 116 cm³/mol. The monoisotopic (exact) mass is 455 g/mol. The molecule has 1 atom stereocenters. The molecule has 1 fully saturated rings. The minimum absolute atomic E-state index is 0.0550. The zero-order valence-corrected chi connectivity index (χ0v) is 18.2. The maximum Gasteiger partial charge on any atom is 0.326 e. The molecule has 3 aromatic heterocycles. The lowest BCUT2D eigenvalue weighted by Gasteiger charge is -2.15. The number of hydrogen-bond acceptors (Lipinski definition) is 8. The Morgan fingerprint density at radius 3 is 2.94 bits per heavy atom. The molecule has 32 heavy (non-hydrogen) atoms. The van der Waals surface area contributed by atoms with Crippen LogP contribution in [0.3, 0.4) is 0 Å². The van der Waals surface area contributed by atoms with Gasteiger partial charge in [0, 0.05) is 18.3 Å². The van der Waals surface area contributed by atoms with Gasteiger partial charge in [-0.1, -0.05) is 6.08 Å². The number of likely N-dealkylation sites (N-methyl/N-ethyl adjacent to an activating group) is 1. The lowest BCUT2D eigenvalue weighted by atomic mass is 10.2. The Bertz CT molecular complexity index is 1420. The molecule has 1 saturated carbocycles. The summed E-state index contributed by atoms with van der Waals surface area (Å²) in [6.45, 7) is 0. The van der Waals surface area contributed by atoms with Gasteiger partial charge in [-0.2, -0.15) is 9.61 Å². The van der Waals surface area contributed by atoms with E-state index in [1.54, 1.807) is 23.8 Å². The average Bonchev–Trinajstić information content (AvgIpc) is 3.17. The first-order valence-corrected chi connectivity index (χ1v) is 11.0. The van der Waals surface area contributed by atoms with Gasteiger partial charge < -0.3 is 10.1 Å². The van der Waals surface area contributed by atoms with Crippen LogP contribution in [0.2, 0.25) is 0 Å². The minimum atomic E-state index is -0.505. The second kappa shape index (κ2) is 7.95. The number of fused-ring (bicyclic) bond motifs is 1. The van der Waals surface area contributed by atoms with Gasteiger partial charge >= 0.3 is 5.69 Å². The largest absolute Gasteiger partial charge is 0.493 e. The zero-order chi connectivity index (χ0) is 22.4. The van der Waals surface area contributed by atoms with Gasteiger partial charge in [0.2, 0.25) is 5.88 Å². The highest BCUT2D eigenvalue weighted by molar-refractivity contribution is 8.04. The van der Waals surface area contributed by atoms with E-state index in [0.29, 0.717) is 27.7 Å². The number of aromatic amines is 2. The number of amides is 1. The molecule has 1 unspecified atom stereocenters. The van der Waals surface area contributed by atoms with Crippen LogP contribution < -0.4 is 16.4 Å². The number of rotatable bonds is 5. The molecule has 0 aromatic carbocycles. The molecule has 1 aliphatic heterocycles. The van der Waals surface area contributed by atoms with Crippen molar-refractivity contribution in [3.05, 3.63) is 55.8 Å². The Hall–Kier alpha value is -3.38. The smallest absolute Gasteiger partial charge is 0.326 e. The SMILES string of the molecule is CON(C)C(=O)C1=CCC(c2cc(=NC3CC3)n3ncc(=Cc4[nH]c(=O)[nH]c4O)c3n2)S1. The highest BCUT2D eigenvalue weighted by Gasteiger charge is 2.28. The Labute approximate surface area is 185 Å². The molecule has 3 aromatic rings. The summed E-state index contributed by atoms with van der Waals surface area (Å²) in [5, 5.41) is 16.1. The van der Waals surface area contributed by atoms with Crippen LogP contribution in [0, 0.1) is 0 Å². The first-order chi connectivity index (χ1) is 15.4. The van der Waals surface area contributed by atoms with Gasteiger partial charge in [0.25, 0.3) is 5.91 Å². The summed E-state index contributed by atoms with van der Waals surface area (Å²) >= 11 is 1.44. The Morgan fingerprint density at radius 2 is 2.25 bits per heavy atom. The number of carbonyl (C=O) groups is 1. The van der Waals surface area contributed by atoms with Crippen LogP contribution in [0.4, 0.5) is 0 Å². The second-order valence-corrected chi connectivity index (χ2v) is 8.86. The van der Waals surface area contributed by atoms with E-state index in [1.165, 1.54) is 23.9 Å². The number of aromatic nitrogens is 5. The minimum Gasteiger partial charge on any atom is -0.493 e. The van der Waals surface area contributed by atoms with Crippen LogP contribution in [0.5, 0.6) is 5.88 Å². The van der Waals surface area contributed by atoms with Gasteiger partial charge in [0.05, 0.1) is 35.2 Å². The third-order valence-electron chi connectivity index (χ3n) is 5.28. The quantitative estimate of drug-likeness (QED) is 0.465. The van der Waals surface area contributed by atoms with Crippen LogP contribution in [0.15, 0.2) is 33.0 Å². The summed E-state index contributed by atoms with van der Waals surface area (Å²) in [4.78, 5) is 43.9. The highest BCUT2D eigenvalue weighted by Crippen LogP contribution is 2.43. The normalized spacial score (nSPS) is 19.7. The van der Waals surface area contributed by atoms with E-state index in [4.69, 9.17) is 14.8 Å². The van der Waals surface area contributed by atoms with Crippen molar-refractivity contribution in [2.24, 2.45) is 4.99 Å². The maximum atomic E-state index is 12.4. The first-order valence-electron chi connectivity index (χ1n) is 10.1. The van der Waals surface area contributed by atoms with E-state index in [0.717, 1.165) is 18.5 Å². The van der Waals surface area contributed by atoms with E-state index in [2.05, 4.69) is 15.1 Å². The molecule has 4 heterocycles. The molecule has 0 saturated heterocycles. The van der Waals surface area contributed by atoms with Crippen molar-refractivity contribution in [2.45, 2.75) is 30.6 Å². The topological polar surface area (TPSA) is 141 Å². The number of nitrogens with zero attached hydrogens (tertiary/aromatic N) is 5. The van der Waals surface area contributed by atoms with Gasteiger partial charge in [0.15, 0.2) is 11.1 Å². The van der Waals surface area contributed by atoms with Crippen LogP contribution in [-0.4, -0.2) is 60.8 Å². The molecule has 1 amide bonds. The third kappa shape index (κ3) is 3.82. The molecular formula is C20H21N7O4S. The van der Waals surface area contributed by atoms with Crippen molar-refractivity contribution < 1.29 is 14.7 Å². The maximum absolute atomic E-state index is 12.4. The molecule has 2 aliphatic rings. The molecule has 0 spiro atoms. The molecule has 0 bridgehead atoms. The summed E-state index contributed by atoms with van der Waals surface area (Å²) in [7, 11) is 3.02. The summed E-state index contributed by atoms with van der Waals surface area (Å²) in [6, 6.07) is 2.19. The fourth-order valence-electron chi connectivity index (χ4n) is 3.40. The van der Waals surface area contributed by atoms with E-state index in [-0.39, 0.29) is 28.8 Å². The molecule has 166 valence electrons. The number of hydroxylamine groups is 2. The van der Waals surface area contributed by atoms with Crippen molar-refractivity contribution in [1.82, 2.24) is 29.6 Å². The molecule has 3 N–H and O–H groups in total. The summed E-state index contributed by atoms with van der Waals surface area (Å²) in [6.07, 6.45) is 7.84. The van der Waals surface area contributed by atoms with Crippen molar-refractivity contribution in [2.75, 3.05) is 14.2 Å². The summed E-state index contributed by atoms with van der Waals surface area (Å²) in [5.74, 6) is -0.455. The van der Waals surface area contributed by atoms with Crippen molar-refractivity contribution in [1.29, 1.82) is 0 Å². The number of imidazole rings is 1.